The summed E-state index contributed by atoms with van der Waals surface area (Å²) in [7, 11) is 0. The Kier molecular flexibility index (Phi) is 4.60. The lowest BCUT2D eigenvalue weighted by Crippen LogP contribution is -2.49. The molecule has 1 aliphatic rings. The standard InChI is InChI=1S/C16H9F6N3O/c1-3-9-5-12(11(17)4-10(9)7-23)25-8(2)24-13(6-14(25)26)15(18,19)16(20,21)22/h3-6,24H,1-2H2. The summed E-state index contributed by atoms with van der Waals surface area (Å²) in [6.07, 6.45) is -4.75. The minimum Gasteiger partial charge on any atom is -0.340 e. The number of carbonyl (C=O) groups is 1. The van der Waals surface area contributed by atoms with Gasteiger partial charge in [-0.1, -0.05) is 19.2 Å². The monoisotopic (exact) mass is 373 g/mol. The average molecular weight is 373 g/mol. The van der Waals surface area contributed by atoms with E-state index in [1.807, 2.05) is 0 Å². The molecule has 0 radical (unpaired) electrons. The Bertz CT molecular complexity index is 879. The van der Waals surface area contributed by atoms with Crippen molar-refractivity contribution in [2.24, 2.45) is 0 Å². The third-order valence-corrected chi connectivity index (χ3v) is 3.43. The van der Waals surface area contributed by atoms with Crippen LogP contribution in [-0.2, 0) is 4.79 Å². The molecule has 0 aliphatic carbocycles. The summed E-state index contributed by atoms with van der Waals surface area (Å²) >= 11 is 0. The van der Waals surface area contributed by atoms with Crippen molar-refractivity contribution in [3.05, 3.63) is 59.8 Å². The highest BCUT2D eigenvalue weighted by molar-refractivity contribution is 6.05. The number of hydrogen-bond acceptors (Lipinski definition) is 3. The molecule has 0 saturated heterocycles. The summed E-state index contributed by atoms with van der Waals surface area (Å²) in [6, 6.07) is 3.49. The van der Waals surface area contributed by atoms with Crippen molar-refractivity contribution in [2.75, 3.05) is 4.90 Å². The number of anilines is 1. The minimum atomic E-state index is -5.94. The van der Waals surface area contributed by atoms with Crippen LogP contribution in [0.25, 0.3) is 6.08 Å². The van der Waals surface area contributed by atoms with Gasteiger partial charge in [-0.15, -0.1) is 0 Å². The largest absolute Gasteiger partial charge is 0.459 e. The second-order valence-electron chi connectivity index (χ2n) is 5.08. The highest BCUT2D eigenvalue weighted by atomic mass is 19.4. The molecule has 1 heterocycles. The maximum atomic E-state index is 14.2. The smallest absolute Gasteiger partial charge is 0.340 e. The number of alkyl halides is 5. The van der Waals surface area contributed by atoms with E-state index < -0.39 is 41.0 Å². The molecule has 0 fully saturated rings. The van der Waals surface area contributed by atoms with Crippen LogP contribution in [0.5, 0.6) is 0 Å². The number of carbonyl (C=O) groups excluding carboxylic acids is 1. The van der Waals surface area contributed by atoms with Crippen molar-refractivity contribution in [1.82, 2.24) is 5.32 Å². The van der Waals surface area contributed by atoms with Crippen LogP contribution in [0.15, 0.2) is 42.9 Å². The molecular formula is C16H9F6N3O. The zero-order chi connectivity index (χ0) is 19.9. The minimum absolute atomic E-state index is 0.00734. The fraction of sp³-hybridized carbons (Fsp3) is 0.125. The van der Waals surface area contributed by atoms with E-state index in [-0.39, 0.29) is 17.2 Å². The average Bonchev–Trinajstić information content (AvgIpc) is 2.53. The summed E-state index contributed by atoms with van der Waals surface area (Å²) < 4.78 is 78.4. The van der Waals surface area contributed by atoms with Gasteiger partial charge < -0.3 is 5.32 Å². The zero-order valence-corrected chi connectivity index (χ0v) is 12.8. The van der Waals surface area contributed by atoms with E-state index in [9.17, 15) is 31.1 Å². The normalized spacial score (nSPS) is 15.3. The van der Waals surface area contributed by atoms with E-state index in [1.165, 1.54) is 6.08 Å². The van der Waals surface area contributed by atoms with Crippen LogP contribution < -0.4 is 10.2 Å². The molecule has 0 unspecified atom stereocenters. The van der Waals surface area contributed by atoms with Gasteiger partial charge in [-0.2, -0.15) is 27.2 Å². The second kappa shape index (κ2) is 6.25. The summed E-state index contributed by atoms with van der Waals surface area (Å²) in [5.74, 6) is -8.49. The number of amides is 1. The van der Waals surface area contributed by atoms with Crippen LogP contribution in [0.3, 0.4) is 0 Å². The molecule has 1 aromatic rings. The number of hydrogen-bond donors (Lipinski definition) is 1. The lowest BCUT2D eigenvalue weighted by Gasteiger charge is -2.33. The molecule has 0 aromatic heterocycles. The lowest BCUT2D eigenvalue weighted by atomic mass is 10.1. The molecule has 26 heavy (non-hydrogen) atoms. The van der Waals surface area contributed by atoms with Gasteiger partial charge in [0.05, 0.1) is 17.3 Å². The predicted octanol–water partition coefficient (Wildman–Crippen LogP) is 3.83. The highest BCUT2D eigenvalue weighted by Gasteiger charge is 2.61. The molecule has 0 atom stereocenters. The first-order valence-electron chi connectivity index (χ1n) is 6.76. The van der Waals surface area contributed by atoms with Gasteiger partial charge in [0, 0.05) is 6.08 Å². The van der Waals surface area contributed by atoms with Crippen LogP contribution in [0, 0.1) is 17.1 Å². The van der Waals surface area contributed by atoms with Crippen molar-refractivity contribution < 1.29 is 31.1 Å². The van der Waals surface area contributed by atoms with E-state index in [0.29, 0.717) is 4.90 Å². The number of nitrogens with zero attached hydrogens (tertiary/aromatic N) is 2. The molecular weight excluding hydrogens is 364 g/mol. The molecule has 1 N–H and O–H groups in total. The highest BCUT2D eigenvalue weighted by Crippen LogP contribution is 2.41. The van der Waals surface area contributed by atoms with Crippen LogP contribution in [0.2, 0.25) is 0 Å². The summed E-state index contributed by atoms with van der Waals surface area (Å²) in [4.78, 5) is 12.6. The number of halogens is 6. The van der Waals surface area contributed by atoms with E-state index in [4.69, 9.17) is 5.26 Å². The molecule has 136 valence electrons. The van der Waals surface area contributed by atoms with E-state index >= 15 is 0 Å². The van der Waals surface area contributed by atoms with Crippen LogP contribution >= 0.6 is 0 Å². The summed E-state index contributed by atoms with van der Waals surface area (Å²) in [5.41, 5.74) is -2.20. The van der Waals surface area contributed by atoms with Gasteiger partial charge in [-0.05, 0) is 17.7 Å². The van der Waals surface area contributed by atoms with Gasteiger partial charge >= 0.3 is 12.1 Å². The van der Waals surface area contributed by atoms with Crippen LogP contribution in [-0.4, -0.2) is 18.0 Å². The quantitative estimate of drug-likeness (QED) is 0.820. The third-order valence-electron chi connectivity index (χ3n) is 3.43. The number of rotatable bonds is 3. The van der Waals surface area contributed by atoms with Crippen molar-refractivity contribution in [2.45, 2.75) is 12.1 Å². The molecule has 10 heteroatoms. The molecule has 4 nitrogen and oxygen atoms in total. The lowest BCUT2D eigenvalue weighted by molar-refractivity contribution is -0.265. The molecule has 0 spiro atoms. The zero-order valence-electron chi connectivity index (χ0n) is 12.8. The Morgan fingerprint density at radius 2 is 1.85 bits per heavy atom. The first-order chi connectivity index (χ1) is 11.9. The predicted molar refractivity (Wildman–Crippen MR) is 80.1 cm³/mol. The van der Waals surface area contributed by atoms with E-state index in [1.54, 1.807) is 11.4 Å². The van der Waals surface area contributed by atoms with Gasteiger partial charge in [0.15, 0.2) is 0 Å². The first-order valence-corrected chi connectivity index (χ1v) is 6.76. The maximum Gasteiger partial charge on any atom is 0.459 e. The molecule has 1 amide bonds. The molecule has 2 rings (SSSR count). The van der Waals surface area contributed by atoms with Crippen molar-refractivity contribution in [3.63, 3.8) is 0 Å². The Morgan fingerprint density at radius 1 is 1.23 bits per heavy atom. The van der Waals surface area contributed by atoms with Crippen LogP contribution in [0.4, 0.5) is 32.0 Å². The van der Waals surface area contributed by atoms with Gasteiger partial charge in [-0.3, -0.25) is 9.69 Å². The molecule has 0 saturated carbocycles. The van der Waals surface area contributed by atoms with E-state index in [0.717, 1.165) is 12.1 Å². The summed E-state index contributed by atoms with van der Waals surface area (Å²) in [5, 5.41) is 10.6. The fourth-order valence-corrected chi connectivity index (χ4v) is 2.17. The van der Waals surface area contributed by atoms with Gasteiger partial charge in [0.2, 0.25) is 0 Å². The van der Waals surface area contributed by atoms with Gasteiger partial charge in [-0.25, -0.2) is 4.39 Å². The van der Waals surface area contributed by atoms with Crippen LogP contribution in [0.1, 0.15) is 11.1 Å². The number of nitriles is 1. The van der Waals surface area contributed by atoms with Crippen molar-refractivity contribution in [3.8, 4) is 6.07 Å². The SMILES string of the molecule is C=Cc1cc(N2C(=C)NC(C(F)(F)C(F)(F)F)=CC2=O)c(F)cc1C#N. The Labute approximate surface area is 143 Å². The van der Waals surface area contributed by atoms with Crippen molar-refractivity contribution >= 4 is 17.7 Å². The number of allylic oxidation sites excluding steroid dienone is 1. The second-order valence-corrected chi connectivity index (χ2v) is 5.08. The number of benzene rings is 1. The summed E-state index contributed by atoms with van der Waals surface area (Å²) in [6.45, 7) is 6.62. The maximum absolute atomic E-state index is 14.2. The molecule has 1 aliphatic heterocycles. The van der Waals surface area contributed by atoms with Crippen molar-refractivity contribution in [1.29, 1.82) is 5.26 Å². The number of nitrogens with one attached hydrogen (secondary N) is 1. The Hall–Kier alpha value is -3.22. The Balaban J connectivity index is 2.53. The molecule has 1 aromatic carbocycles. The van der Waals surface area contributed by atoms with Gasteiger partial charge in [0.1, 0.15) is 17.3 Å². The van der Waals surface area contributed by atoms with Gasteiger partial charge in [0.25, 0.3) is 5.91 Å². The topological polar surface area (TPSA) is 56.1 Å². The fourth-order valence-electron chi connectivity index (χ4n) is 2.17. The Morgan fingerprint density at radius 3 is 2.31 bits per heavy atom. The van der Waals surface area contributed by atoms with E-state index in [2.05, 4.69) is 13.2 Å². The molecule has 0 bridgehead atoms. The third kappa shape index (κ3) is 3.03. The first kappa shape index (κ1) is 19.1.